The molecule has 1 aliphatic carbocycles. The molecule has 0 saturated heterocycles. The number of hydrogen-bond donors (Lipinski definition) is 0. The van der Waals surface area contributed by atoms with E-state index < -0.39 is 0 Å². The molecule has 1 aliphatic rings. The Bertz CT molecular complexity index is 2010. The summed E-state index contributed by atoms with van der Waals surface area (Å²) in [5, 5.41) is 10.7. The van der Waals surface area contributed by atoms with Crippen molar-refractivity contribution in [2.75, 3.05) is 0 Å². The van der Waals surface area contributed by atoms with Crippen LogP contribution in [0.1, 0.15) is 41.7 Å². The lowest BCUT2D eigenvalue weighted by Gasteiger charge is -2.13. The van der Waals surface area contributed by atoms with Crippen molar-refractivity contribution in [2.24, 2.45) is 0 Å². The summed E-state index contributed by atoms with van der Waals surface area (Å²) >= 11 is 0. The first-order chi connectivity index (χ1) is 20.5. The average Bonchev–Trinajstić information content (AvgIpc) is 3.02. The van der Waals surface area contributed by atoms with Gasteiger partial charge < -0.3 is 0 Å². The largest absolute Gasteiger partial charge is 0.0795 e. The zero-order valence-electron chi connectivity index (χ0n) is 25.5. The first-order valence-corrected chi connectivity index (χ1v) is 15.1. The summed E-state index contributed by atoms with van der Waals surface area (Å²) in [6.07, 6.45) is 5.56. The average molecular weight is 545 g/mol. The highest BCUT2D eigenvalue weighted by atomic mass is 14.1. The Morgan fingerprint density at radius 2 is 0.905 bits per heavy atom. The third-order valence-corrected chi connectivity index (χ3v) is 7.64. The normalized spacial score (nSPS) is 11.3. The smallest absolute Gasteiger partial charge is 0.00761 e. The molecule has 208 valence electrons. The topological polar surface area (TPSA) is 0 Å². The van der Waals surface area contributed by atoms with E-state index in [0.717, 1.165) is 6.42 Å². The summed E-state index contributed by atoms with van der Waals surface area (Å²) in [4.78, 5) is 0. The molecule has 0 atom stereocenters. The Morgan fingerprint density at radius 1 is 0.405 bits per heavy atom. The lowest BCUT2D eigenvalue weighted by atomic mass is 9.92. The first kappa shape index (κ1) is 28.8. The molecule has 0 heteroatoms. The van der Waals surface area contributed by atoms with Gasteiger partial charge in [-0.1, -0.05) is 152 Å². The zero-order chi connectivity index (χ0) is 29.5. The summed E-state index contributed by atoms with van der Waals surface area (Å²) in [6, 6.07) is 45.6. The molecule has 0 unspecified atom stereocenters. The second-order valence-corrected chi connectivity index (χ2v) is 10.9. The number of rotatable bonds is 0. The van der Waals surface area contributed by atoms with Crippen molar-refractivity contribution in [3.05, 3.63) is 161 Å². The van der Waals surface area contributed by atoms with Gasteiger partial charge in [0, 0.05) is 0 Å². The van der Waals surface area contributed by atoms with Crippen molar-refractivity contribution in [3.8, 4) is 0 Å². The van der Waals surface area contributed by atoms with Gasteiger partial charge >= 0.3 is 0 Å². The van der Waals surface area contributed by atoms with Crippen LogP contribution in [0.3, 0.4) is 0 Å². The van der Waals surface area contributed by atoms with E-state index in [0.29, 0.717) is 0 Å². The molecule has 0 nitrogen and oxygen atoms in total. The highest BCUT2D eigenvalue weighted by Crippen LogP contribution is 2.29. The quantitative estimate of drug-likeness (QED) is 0.167. The molecule has 0 aliphatic heterocycles. The van der Waals surface area contributed by atoms with Crippen molar-refractivity contribution >= 4 is 49.2 Å². The van der Waals surface area contributed by atoms with Crippen LogP contribution in [0.4, 0.5) is 0 Å². The number of allylic oxidation sites excluding steroid dienone is 1. The molecule has 0 heterocycles. The highest BCUT2D eigenvalue weighted by Gasteiger charge is 2.08. The molecular formula is C42H40. The lowest BCUT2D eigenvalue weighted by molar-refractivity contribution is 1.29. The van der Waals surface area contributed by atoms with Crippen LogP contribution in [0, 0.1) is 20.8 Å². The van der Waals surface area contributed by atoms with Crippen molar-refractivity contribution in [3.63, 3.8) is 0 Å². The molecule has 0 N–H and O–H groups in total. The maximum absolute atomic E-state index is 2.27. The molecule has 7 aromatic rings. The van der Waals surface area contributed by atoms with Crippen molar-refractivity contribution < 1.29 is 0 Å². The first-order valence-electron chi connectivity index (χ1n) is 15.1. The number of hydrogen-bond acceptors (Lipinski definition) is 0. The van der Waals surface area contributed by atoms with E-state index in [-0.39, 0.29) is 0 Å². The van der Waals surface area contributed by atoms with Gasteiger partial charge in [-0.05, 0) is 99.1 Å². The minimum atomic E-state index is 1.08. The van der Waals surface area contributed by atoms with Gasteiger partial charge in [0.15, 0.2) is 0 Å². The second kappa shape index (κ2) is 13.3. The molecule has 0 aromatic heterocycles. The lowest BCUT2D eigenvalue weighted by Crippen LogP contribution is -1.93. The molecule has 0 radical (unpaired) electrons. The minimum Gasteiger partial charge on any atom is -0.0795 e. The fourth-order valence-corrected chi connectivity index (χ4v) is 5.68. The molecule has 0 spiro atoms. The Hall–Kier alpha value is -4.68. The monoisotopic (exact) mass is 544 g/mol. The number of fused-ring (bicyclic) bond motifs is 3. The Labute approximate surface area is 251 Å². The van der Waals surface area contributed by atoms with E-state index in [9.17, 15) is 0 Å². The predicted molar refractivity (Wildman–Crippen MR) is 188 cm³/mol. The zero-order valence-corrected chi connectivity index (χ0v) is 25.5. The third kappa shape index (κ3) is 6.61. The predicted octanol–water partition coefficient (Wildman–Crippen LogP) is 12.2. The van der Waals surface area contributed by atoms with Crippen LogP contribution >= 0.6 is 0 Å². The standard InChI is InChI=1S/C15H12.C14H12.C11H10.C2H6/c1-11-6-7-14-9-12-4-2-3-5-13(12)10-15(14)8-11;1-10-8-12-6-2-4-11-5-3-7-13(9-10)14(11)12;1-9-6-7-10-4-2-3-5-11(10)8-9;1-2/h2-10H,1H3;2-4,6-9H,5H2,1H3;2-8H,1H3;1-2H3. The van der Waals surface area contributed by atoms with Gasteiger partial charge in [0.05, 0.1) is 0 Å². The SMILES string of the molecule is CC.Cc1cc2c3c(cccc3c1)CC=C2.Cc1ccc2cc3ccccc3cc2c1.Cc1ccc2ccccc2c1. The van der Waals surface area contributed by atoms with Gasteiger partial charge in [0.25, 0.3) is 0 Å². The van der Waals surface area contributed by atoms with E-state index in [1.165, 1.54) is 70.9 Å². The summed E-state index contributed by atoms with van der Waals surface area (Å²) in [5.41, 5.74) is 6.82. The van der Waals surface area contributed by atoms with Gasteiger partial charge in [-0.25, -0.2) is 0 Å². The van der Waals surface area contributed by atoms with Gasteiger partial charge in [-0.2, -0.15) is 0 Å². The molecule has 0 amide bonds. The van der Waals surface area contributed by atoms with E-state index in [4.69, 9.17) is 0 Å². The maximum atomic E-state index is 2.27. The second-order valence-electron chi connectivity index (χ2n) is 10.9. The van der Waals surface area contributed by atoms with Crippen molar-refractivity contribution in [2.45, 2.75) is 41.0 Å². The highest BCUT2D eigenvalue weighted by molar-refractivity contribution is 5.98. The number of benzene rings is 7. The van der Waals surface area contributed by atoms with Gasteiger partial charge in [0.2, 0.25) is 0 Å². The van der Waals surface area contributed by atoms with E-state index in [1.54, 1.807) is 0 Å². The van der Waals surface area contributed by atoms with Crippen LogP contribution in [-0.4, -0.2) is 0 Å². The van der Waals surface area contributed by atoms with Crippen LogP contribution in [0.25, 0.3) is 49.2 Å². The molecule has 7 aromatic carbocycles. The van der Waals surface area contributed by atoms with Crippen molar-refractivity contribution in [1.82, 2.24) is 0 Å². The Balaban J connectivity index is 0.000000124. The molecule has 0 saturated carbocycles. The van der Waals surface area contributed by atoms with Crippen LogP contribution < -0.4 is 0 Å². The van der Waals surface area contributed by atoms with Crippen LogP contribution in [-0.2, 0) is 6.42 Å². The van der Waals surface area contributed by atoms with E-state index in [2.05, 4.69) is 160 Å². The maximum Gasteiger partial charge on any atom is -0.00761 e. The van der Waals surface area contributed by atoms with Crippen LogP contribution in [0.15, 0.2) is 133 Å². The van der Waals surface area contributed by atoms with Crippen molar-refractivity contribution in [1.29, 1.82) is 0 Å². The molecular weight excluding hydrogens is 504 g/mol. The summed E-state index contributed by atoms with van der Waals surface area (Å²) in [6.45, 7) is 10.4. The Morgan fingerprint density at radius 3 is 1.60 bits per heavy atom. The molecule has 0 bridgehead atoms. The van der Waals surface area contributed by atoms with Gasteiger partial charge in [-0.15, -0.1) is 0 Å². The van der Waals surface area contributed by atoms with Gasteiger partial charge in [-0.3, -0.25) is 0 Å². The fourth-order valence-electron chi connectivity index (χ4n) is 5.68. The minimum absolute atomic E-state index is 1.08. The Kier molecular flexibility index (Phi) is 9.15. The summed E-state index contributed by atoms with van der Waals surface area (Å²) in [7, 11) is 0. The van der Waals surface area contributed by atoms with Crippen LogP contribution in [0.2, 0.25) is 0 Å². The third-order valence-electron chi connectivity index (χ3n) is 7.64. The summed E-state index contributed by atoms with van der Waals surface area (Å²) in [5.74, 6) is 0. The fraction of sp³-hybridized carbons (Fsp3) is 0.143. The van der Waals surface area contributed by atoms with Gasteiger partial charge in [0.1, 0.15) is 0 Å². The van der Waals surface area contributed by atoms with E-state index in [1.807, 2.05) is 13.8 Å². The number of aryl methyl sites for hydroxylation is 3. The van der Waals surface area contributed by atoms with E-state index >= 15 is 0 Å². The van der Waals surface area contributed by atoms with Crippen LogP contribution in [0.5, 0.6) is 0 Å². The molecule has 8 rings (SSSR count). The molecule has 42 heavy (non-hydrogen) atoms. The molecule has 0 fully saturated rings. The summed E-state index contributed by atoms with van der Waals surface area (Å²) < 4.78 is 0.